The Bertz CT molecular complexity index is 1780. The molecule has 0 aromatic heterocycles. The molecule has 302 valence electrons. The van der Waals surface area contributed by atoms with Crippen LogP contribution >= 0.6 is 0 Å². The minimum Gasteiger partial charge on any atom is -0.508 e. The highest BCUT2D eigenvalue weighted by atomic mass is 16.3. The van der Waals surface area contributed by atoms with Crippen molar-refractivity contribution in [3.8, 4) is 11.5 Å². The van der Waals surface area contributed by atoms with Gasteiger partial charge >= 0.3 is 0 Å². The summed E-state index contributed by atoms with van der Waals surface area (Å²) in [5, 5.41) is 33.5. The summed E-state index contributed by atoms with van der Waals surface area (Å²) in [7, 11) is 0. The van der Waals surface area contributed by atoms with Gasteiger partial charge in [-0.05, 0) is 87.3 Å². The number of carbonyl (C=O) groups excluding carboxylic acids is 7. The van der Waals surface area contributed by atoms with Crippen molar-refractivity contribution in [1.82, 2.24) is 36.4 Å². The summed E-state index contributed by atoms with van der Waals surface area (Å²) in [6, 6.07) is 4.67. The molecule has 3 aliphatic rings. The summed E-state index contributed by atoms with van der Waals surface area (Å²) >= 11 is 0. The van der Waals surface area contributed by atoms with E-state index in [2.05, 4.69) is 26.6 Å². The Labute approximate surface area is 326 Å². The lowest BCUT2D eigenvalue weighted by Gasteiger charge is -2.31. The van der Waals surface area contributed by atoms with Gasteiger partial charge in [0.05, 0.1) is 0 Å². The van der Waals surface area contributed by atoms with Gasteiger partial charge in [0.25, 0.3) is 0 Å². The fraction of sp³-hybridized carbons (Fsp3) is 0.525. The first-order chi connectivity index (χ1) is 26.6. The summed E-state index contributed by atoms with van der Waals surface area (Å²) in [5.41, 5.74) is 1.22. The highest BCUT2D eigenvalue weighted by molar-refractivity contribution is 5.98. The summed E-state index contributed by atoms with van der Waals surface area (Å²) < 4.78 is 0. The van der Waals surface area contributed by atoms with Crippen LogP contribution in [0.3, 0.4) is 0 Å². The predicted molar refractivity (Wildman–Crippen MR) is 204 cm³/mol. The highest BCUT2D eigenvalue weighted by Gasteiger charge is 2.41. The number of fused-ring (bicyclic) bond motifs is 2. The number of aromatic hydroxyl groups is 2. The molecule has 0 bridgehead atoms. The van der Waals surface area contributed by atoms with E-state index in [-0.39, 0.29) is 56.2 Å². The fourth-order valence-electron chi connectivity index (χ4n) is 7.49. The van der Waals surface area contributed by atoms with Crippen molar-refractivity contribution in [2.45, 2.75) is 115 Å². The van der Waals surface area contributed by atoms with Crippen LogP contribution in [0.4, 0.5) is 0 Å². The Morgan fingerprint density at radius 3 is 1.52 bits per heavy atom. The number of hydrogen-bond donors (Lipinski definition) is 7. The second-order valence-electron chi connectivity index (χ2n) is 15.4. The second-order valence-corrected chi connectivity index (χ2v) is 15.4. The van der Waals surface area contributed by atoms with Crippen LogP contribution in [0.5, 0.6) is 11.5 Å². The number of carbonyl (C=O) groups is 7. The maximum atomic E-state index is 14.4. The molecule has 0 saturated carbocycles. The Balaban J connectivity index is 1.51. The molecule has 0 radical (unpaired) electrons. The van der Waals surface area contributed by atoms with E-state index in [1.807, 2.05) is 13.8 Å². The van der Waals surface area contributed by atoms with Crippen LogP contribution in [0.2, 0.25) is 0 Å². The zero-order valence-electron chi connectivity index (χ0n) is 32.2. The number of phenolic OH excluding ortho intramolecular Hbond substituents is 2. The van der Waals surface area contributed by atoms with Gasteiger partial charge in [-0.2, -0.15) is 0 Å². The van der Waals surface area contributed by atoms with Gasteiger partial charge in [0.2, 0.25) is 41.4 Å². The monoisotopic (exact) mass is 775 g/mol. The molecule has 0 spiro atoms. The summed E-state index contributed by atoms with van der Waals surface area (Å²) in [6.45, 7) is 7.15. The van der Waals surface area contributed by atoms with Crippen molar-refractivity contribution in [3.05, 3.63) is 59.7 Å². The third-order valence-electron chi connectivity index (χ3n) is 10.5. The number of phenols is 2. The smallest absolute Gasteiger partial charge is 0.246 e. The molecule has 3 aliphatic heterocycles. The zero-order valence-corrected chi connectivity index (χ0v) is 32.2. The predicted octanol–water partition coefficient (Wildman–Crippen LogP) is 0.389. The number of nitrogens with one attached hydrogen (secondary N) is 5. The van der Waals surface area contributed by atoms with E-state index in [4.69, 9.17) is 0 Å². The van der Waals surface area contributed by atoms with Crippen molar-refractivity contribution in [1.29, 1.82) is 0 Å². The van der Waals surface area contributed by atoms with Gasteiger partial charge in [-0.1, -0.05) is 38.1 Å². The van der Waals surface area contributed by atoms with E-state index in [0.29, 0.717) is 30.4 Å². The summed E-state index contributed by atoms with van der Waals surface area (Å²) in [6.07, 6.45) is 1.79. The van der Waals surface area contributed by atoms with Crippen LogP contribution in [-0.2, 0) is 46.4 Å². The number of nitrogens with zero attached hydrogens (tertiary/aromatic N) is 2. The van der Waals surface area contributed by atoms with Crippen molar-refractivity contribution < 1.29 is 43.8 Å². The quantitative estimate of drug-likeness (QED) is 0.215. The molecule has 0 unspecified atom stereocenters. The number of amides is 7. The zero-order chi connectivity index (χ0) is 40.7. The van der Waals surface area contributed by atoms with E-state index in [9.17, 15) is 43.8 Å². The van der Waals surface area contributed by atoms with E-state index in [1.165, 1.54) is 47.9 Å². The van der Waals surface area contributed by atoms with E-state index in [0.717, 1.165) is 0 Å². The Hall–Kier alpha value is -5.67. The Morgan fingerprint density at radius 1 is 0.554 bits per heavy atom. The van der Waals surface area contributed by atoms with Crippen LogP contribution in [0.25, 0.3) is 0 Å². The second kappa shape index (κ2) is 18.3. The maximum Gasteiger partial charge on any atom is 0.246 e. The first kappa shape index (κ1) is 41.5. The maximum absolute atomic E-state index is 14.4. The molecule has 3 heterocycles. The molecule has 2 aromatic rings. The van der Waals surface area contributed by atoms with Crippen LogP contribution in [-0.4, -0.2) is 117 Å². The average molecular weight is 776 g/mol. The minimum atomic E-state index is -1.20. The van der Waals surface area contributed by atoms with Gasteiger partial charge in [0.15, 0.2) is 0 Å². The lowest BCUT2D eigenvalue weighted by molar-refractivity contribution is -0.143. The molecule has 7 N–H and O–H groups in total. The van der Waals surface area contributed by atoms with Gasteiger partial charge in [-0.3, -0.25) is 33.6 Å². The fourth-order valence-corrected chi connectivity index (χ4v) is 7.49. The number of hydrogen-bond acceptors (Lipinski definition) is 9. The molecule has 16 heteroatoms. The van der Waals surface area contributed by atoms with Gasteiger partial charge < -0.3 is 46.6 Å². The standard InChI is InChI=1S/C40H53N7O9/c1-22(2)19-29-36(52)45-31(21-26-11-15-28(49)16-12-26)40(56)47-18-6-8-33(47)38(54)44-30(20-25-9-13-27(48)14-10-25)35(51)42-24(4)39(55)46-17-5-7-32(46)37(53)41-23(3)34(50)43-29/h9-16,22-24,29-33,48-49H,5-8,17-21H2,1-4H3,(H,41,53)(H,42,51)(H,43,50)(H,44,54)(H,45,52)/t23-,24-,29-,30-,31-,32-,33-/m0/s1. The molecule has 5 rings (SSSR count). The third kappa shape index (κ3) is 10.3. The van der Waals surface area contributed by atoms with Crippen LogP contribution in [0.15, 0.2) is 48.5 Å². The minimum absolute atomic E-state index is 0.000185. The molecule has 0 aliphatic carbocycles. The first-order valence-corrected chi connectivity index (χ1v) is 19.3. The van der Waals surface area contributed by atoms with E-state index in [1.54, 1.807) is 24.3 Å². The Kier molecular flexibility index (Phi) is 13.6. The van der Waals surface area contributed by atoms with Crippen molar-refractivity contribution in [3.63, 3.8) is 0 Å². The molecule has 56 heavy (non-hydrogen) atoms. The Morgan fingerprint density at radius 2 is 0.982 bits per heavy atom. The first-order valence-electron chi connectivity index (χ1n) is 19.3. The lowest BCUT2D eigenvalue weighted by atomic mass is 10.00. The normalized spacial score (nSPS) is 27.4. The van der Waals surface area contributed by atoms with Crippen LogP contribution < -0.4 is 26.6 Å². The van der Waals surface area contributed by atoms with Gasteiger partial charge in [-0.15, -0.1) is 0 Å². The van der Waals surface area contributed by atoms with Crippen molar-refractivity contribution in [2.24, 2.45) is 5.92 Å². The molecule has 16 nitrogen and oxygen atoms in total. The molecule has 2 aromatic carbocycles. The molecular formula is C40H53N7O9. The molecular weight excluding hydrogens is 722 g/mol. The van der Waals surface area contributed by atoms with E-state index < -0.39 is 83.6 Å². The molecule has 7 amide bonds. The lowest BCUT2D eigenvalue weighted by Crippen LogP contribution is -2.59. The average Bonchev–Trinajstić information content (AvgIpc) is 3.86. The SMILES string of the molecule is CC(C)C[C@@H]1NC(=O)[C@H](C)NC(=O)[C@@H]2CCCN2C(=O)[C@H](C)NC(=O)[C@H](Cc2ccc(O)cc2)NC(=O)[C@@H]2CCCN2C(=O)[C@H](Cc2ccc(O)cc2)NC1=O. The van der Waals surface area contributed by atoms with Gasteiger partial charge in [0.1, 0.15) is 53.8 Å². The van der Waals surface area contributed by atoms with Crippen molar-refractivity contribution in [2.75, 3.05) is 13.1 Å². The van der Waals surface area contributed by atoms with Gasteiger partial charge in [-0.25, -0.2) is 0 Å². The van der Waals surface area contributed by atoms with Crippen LogP contribution in [0.1, 0.15) is 70.9 Å². The number of rotatable bonds is 6. The molecule has 3 fully saturated rings. The molecule has 7 atom stereocenters. The topological polar surface area (TPSA) is 227 Å². The van der Waals surface area contributed by atoms with E-state index >= 15 is 0 Å². The largest absolute Gasteiger partial charge is 0.508 e. The summed E-state index contributed by atoms with van der Waals surface area (Å²) in [4.78, 5) is 99.9. The number of benzene rings is 2. The van der Waals surface area contributed by atoms with Gasteiger partial charge in [0, 0.05) is 25.9 Å². The molecule has 3 saturated heterocycles. The third-order valence-corrected chi connectivity index (χ3v) is 10.5. The highest BCUT2D eigenvalue weighted by Crippen LogP contribution is 2.23. The van der Waals surface area contributed by atoms with Crippen LogP contribution in [0, 0.1) is 5.92 Å². The summed E-state index contributed by atoms with van der Waals surface area (Å²) in [5.74, 6) is -4.23. The van der Waals surface area contributed by atoms with Crippen molar-refractivity contribution >= 4 is 41.4 Å².